The fourth-order valence-electron chi connectivity index (χ4n) is 0.596. The molecule has 0 saturated heterocycles. The summed E-state index contributed by atoms with van der Waals surface area (Å²) < 4.78 is 13.1. The topological polar surface area (TPSA) is 30.7 Å². The molecule has 0 radical (unpaired) electrons. The van der Waals surface area contributed by atoms with Crippen LogP contribution in [-0.4, -0.2) is 21.7 Å². The predicted octanol–water partition coefficient (Wildman–Crippen LogP) is 0.986. The molecule has 0 spiro atoms. The van der Waals surface area contributed by atoms with Crippen molar-refractivity contribution in [1.29, 1.82) is 0 Å². The maximum atomic E-state index is 11.7. The maximum absolute atomic E-state index is 11.7. The zero-order valence-electron chi connectivity index (χ0n) is 5.30. The van der Waals surface area contributed by atoms with E-state index in [4.69, 9.17) is 11.6 Å². The van der Waals surface area contributed by atoms with E-state index in [9.17, 15) is 4.39 Å². The zero-order valence-corrected chi connectivity index (χ0v) is 6.05. The monoisotopic (exact) mass is 163 g/mol. The van der Waals surface area contributed by atoms with Crippen LogP contribution in [0.25, 0.3) is 0 Å². The van der Waals surface area contributed by atoms with Crippen molar-refractivity contribution in [3.63, 3.8) is 0 Å². The molecule has 0 aliphatic heterocycles. The molecule has 1 aromatic rings. The molecule has 0 atom stereocenters. The highest BCUT2D eigenvalue weighted by molar-refractivity contribution is 6.16. The highest BCUT2D eigenvalue weighted by Crippen LogP contribution is 1.96. The van der Waals surface area contributed by atoms with Gasteiger partial charge in [0.25, 0.3) is 0 Å². The molecule has 1 heterocycles. The lowest BCUT2D eigenvalue weighted by molar-refractivity contribution is 0.422. The minimum Gasteiger partial charge on any atom is -0.250 e. The smallest absolute Gasteiger partial charge is 0.109 e. The fourth-order valence-corrected chi connectivity index (χ4v) is 0.718. The van der Waals surface area contributed by atoms with Crippen molar-refractivity contribution in [1.82, 2.24) is 15.0 Å². The Morgan fingerprint density at radius 3 is 3.00 bits per heavy atom. The predicted molar refractivity (Wildman–Crippen MR) is 35.6 cm³/mol. The second kappa shape index (κ2) is 3.51. The van der Waals surface area contributed by atoms with Crippen LogP contribution in [0.4, 0.5) is 4.39 Å². The van der Waals surface area contributed by atoms with Gasteiger partial charge < -0.3 is 0 Å². The number of rotatable bonds is 3. The number of nitrogens with zero attached hydrogens (tertiary/aromatic N) is 3. The van der Waals surface area contributed by atoms with Crippen LogP contribution in [0.2, 0.25) is 0 Å². The van der Waals surface area contributed by atoms with Crippen LogP contribution in [0.5, 0.6) is 0 Å². The van der Waals surface area contributed by atoms with E-state index in [-0.39, 0.29) is 6.54 Å². The number of alkyl halides is 2. The summed E-state index contributed by atoms with van der Waals surface area (Å²) in [5, 5.41) is 7.29. The number of aryl methyl sites for hydroxylation is 1. The molecule has 56 valence electrons. The SMILES string of the molecule is FCCn1cc(CCl)nn1. The Morgan fingerprint density at radius 2 is 2.50 bits per heavy atom. The Balaban J connectivity index is 2.59. The molecule has 0 aliphatic carbocycles. The van der Waals surface area contributed by atoms with E-state index in [2.05, 4.69) is 10.3 Å². The highest BCUT2D eigenvalue weighted by atomic mass is 35.5. The largest absolute Gasteiger partial charge is 0.250 e. The number of hydrogen-bond donors (Lipinski definition) is 0. The van der Waals surface area contributed by atoms with Gasteiger partial charge in [-0.3, -0.25) is 0 Å². The summed E-state index contributed by atoms with van der Waals surface area (Å²) in [5.74, 6) is 0.326. The van der Waals surface area contributed by atoms with E-state index in [1.54, 1.807) is 6.20 Å². The third-order valence-electron chi connectivity index (χ3n) is 1.04. The average molecular weight is 164 g/mol. The zero-order chi connectivity index (χ0) is 7.40. The first-order chi connectivity index (χ1) is 4.86. The van der Waals surface area contributed by atoms with Crippen LogP contribution in [-0.2, 0) is 12.4 Å². The molecular formula is C5H7ClFN3. The van der Waals surface area contributed by atoms with Crippen LogP contribution in [0.1, 0.15) is 5.69 Å². The fraction of sp³-hybridized carbons (Fsp3) is 0.600. The summed E-state index contributed by atoms with van der Waals surface area (Å²) >= 11 is 5.43. The van der Waals surface area contributed by atoms with E-state index >= 15 is 0 Å². The Kier molecular flexibility index (Phi) is 2.62. The third-order valence-corrected chi connectivity index (χ3v) is 1.31. The Morgan fingerprint density at radius 1 is 1.70 bits per heavy atom. The molecule has 1 aromatic heterocycles. The average Bonchev–Trinajstić information content (AvgIpc) is 2.37. The molecule has 0 amide bonds. The summed E-state index contributed by atoms with van der Waals surface area (Å²) in [6.45, 7) is -0.172. The lowest BCUT2D eigenvalue weighted by atomic mass is 10.5. The second-order valence-electron chi connectivity index (χ2n) is 1.80. The Bertz CT molecular complexity index is 201. The lowest BCUT2D eigenvalue weighted by Gasteiger charge is -1.89. The van der Waals surface area contributed by atoms with Gasteiger partial charge in [0, 0.05) is 6.20 Å². The molecule has 0 N–H and O–H groups in total. The van der Waals surface area contributed by atoms with Crippen LogP contribution in [0.3, 0.4) is 0 Å². The van der Waals surface area contributed by atoms with Gasteiger partial charge in [-0.25, -0.2) is 9.07 Å². The van der Waals surface area contributed by atoms with Crippen molar-refractivity contribution in [2.24, 2.45) is 0 Å². The van der Waals surface area contributed by atoms with Gasteiger partial charge in [-0.1, -0.05) is 5.21 Å². The van der Waals surface area contributed by atoms with Gasteiger partial charge in [-0.2, -0.15) is 0 Å². The molecule has 10 heavy (non-hydrogen) atoms. The van der Waals surface area contributed by atoms with Gasteiger partial charge in [0.05, 0.1) is 18.1 Å². The molecule has 0 aromatic carbocycles. The van der Waals surface area contributed by atoms with Crippen molar-refractivity contribution in [2.75, 3.05) is 6.67 Å². The third kappa shape index (κ3) is 1.67. The van der Waals surface area contributed by atoms with Gasteiger partial charge in [0.1, 0.15) is 6.67 Å². The standard InChI is InChI=1S/C5H7ClFN3/c6-3-5-4-10(2-1-7)9-8-5/h4H,1-3H2. The summed E-state index contributed by atoms with van der Waals surface area (Å²) in [6, 6.07) is 0. The Hall–Kier alpha value is -0.640. The van der Waals surface area contributed by atoms with E-state index in [0.29, 0.717) is 11.6 Å². The van der Waals surface area contributed by atoms with Gasteiger partial charge in [-0.15, -0.1) is 16.7 Å². The van der Waals surface area contributed by atoms with E-state index in [0.717, 1.165) is 0 Å². The molecule has 0 fully saturated rings. The lowest BCUT2D eigenvalue weighted by Crippen LogP contribution is -1.99. The highest BCUT2D eigenvalue weighted by Gasteiger charge is 1.96. The van der Waals surface area contributed by atoms with Crippen LogP contribution in [0.15, 0.2) is 6.20 Å². The van der Waals surface area contributed by atoms with Crippen LogP contribution >= 0.6 is 11.6 Å². The van der Waals surface area contributed by atoms with E-state index in [1.165, 1.54) is 4.68 Å². The van der Waals surface area contributed by atoms with Crippen molar-refractivity contribution in [2.45, 2.75) is 12.4 Å². The molecular weight excluding hydrogens is 157 g/mol. The first-order valence-electron chi connectivity index (χ1n) is 2.87. The van der Waals surface area contributed by atoms with Gasteiger partial charge >= 0.3 is 0 Å². The van der Waals surface area contributed by atoms with E-state index < -0.39 is 6.67 Å². The Labute approximate surface area is 62.8 Å². The van der Waals surface area contributed by atoms with Crippen molar-refractivity contribution >= 4 is 11.6 Å². The summed E-state index contributed by atoms with van der Waals surface area (Å²) in [7, 11) is 0. The van der Waals surface area contributed by atoms with Crippen molar-refractivity contribution < 1.29 is 4.39 Å². The van der Waals surface area contributed by atoms with Crippen LogP contribution in [0, 0.1) is 0 Å². The van der Waals surface area contributed by atoms with Gasteiger partial charge in [0.2, 0.25) is 0 Å². The number of halogens is 2. The summed E-state index contributed by atoms with van der Waals surface area (Å²) in [6.07, 6.45) is 1.63. The first-order valence-corrected chi connectivity index (χ1v) is 3.41. The number of aromatic nitrogens is 3. The summed E-state index contributed by atoms with van der Waals surface area (Å²) in [5.41, 5.74) is 0.676. The molecule has 1 rings (SSSR count). The molecule has 5 heteroatoms. The minimum atomic E-state index is -0.426. The minimum absolute atomic E-state index is 0.254. The summed E-state index contributed by atoms with van der Waals surface area (Å²) in [4.78, 5) is 0. The second-order valence-corrected chi connectivity index (χ2v) is 2.06. The maximum Gasteiger partial charge on any atom is 0.109 e. The van der Waals surface area contributed by atoms with Crippen molar-refractivity contribution in [3.8, 4) is 0 Å². The van der Waals surface area contributed by atoms with Crippen molar-refractivity contribution in [3.05, 3.63) is 11.9 Å². The van der Waals surface area contributed by atoms with Crippen LogP contribution < -0.4 is 0 Å². The molecule has 0 aliphatic rings. The molecule has 0 saturated carbocycles. The van der Waals surface area contributed by atoms with Gasteiger partial charge in [0.15, 0.2) is 0 Å². The molecule has 0 unspecified atom stereocenters. The first kappa shape index (κ1) is 7.47. The molecule has 0 bridgehead atoms. The van der Waals surface area contributed by atoms with E-state index in [1.807, 2.05) is 0 Å². The van der Waals surface area contributed by atoms with Gasteiger partial charge in [-0.05, 0) is 0 Å². The number of hydrogen-bond acceptors (Lipinski definition) is 2. The normalized spacial score (nSPS) is 10.2. The quantitative estimate of drug-likeness (QED) is 0.623. The molecule has 3 nitrogen and oxygen atoms in total.